The van der Waals surface area contributed by atoms with Gasteiger partial charge < -0.3 is 20.9 Å². The molecule has 0 atom stereocenters. The molecule has 0 unspecified atom stereocenters. The third-order valence-corrected chi connectivity index (χ3v) is 5.18. The lowest BCUT2D eigenvalue weighted by molar-refractivity contribution is 0.102. The lowest BCUT2D eigenvalue weighted by Gasteiger charge is -2.30. The Kier molecular flexibility index (Phi) is 6.78. The van der Waals surface area contributed by atoms with Crippen molar-refractivity contribution in [2.75, 3.05) is 47.0 Å². The zero-order chi connectivity index (χ0) is 22.3. The van der Waals surface area contributed by atoms with E-state index < -0.39 is 11.9 Å². The van der Waals surface area contributed by atoms with Crippen molar-refractivity contribution >= 4 is 46.4 Å². The number of carbonyl (C=O) groups excluding carboxylic acids is 2. The van der Waals surface area contributed by atoms with Crippen LogP contribution < -0.4 is 26.2 Å². The van der Waals surface area contributed by atoms with Gasteiger partial charge in [-0.05, 0) is 30.3 Å². The molecule has 0 radical (unpaired) electrons. The van der Waals surface area contributed by atoms with Crippen molar-refractivity contribution in [3.05, 3.63) is 71.6 Å². The van der Waals surface area contributed by atoms with Gasteiger partial charge in [0.05, 0.1) is 28.3 Å². The van der Waals surface area contributed by atoms with E-state index in [2.05, 4.69) is 36.1 Å². The molecule has 0 saturated carbocycles. The molecule has 164 valence electrons. The predicted molar refractivity (Wildman–Crippen MR) is 126 cm³/mol. The van der Waals surface area contributed by atoms with Gasteiger partial charge in [-0.25, -0.2) is 9.78 Å². The van der Waals surface area contributed by atoms with Crippen LogP contribution in [0.5, 0.6) is 0 Å². The van der Waals surface area contributed by atoms with Gasteiger partial charge in [0, 0.05) is 32.4 Å². The number of nitrogens with one attached hydrogen (secondary N) is 4. The van der Waals surface area contributed by atoms with Crippen molar-refractivity contribution in [2.24, 2.45) is 0 Å². The molecule has 1 aliphatic heterocycles. The maximum Gasteiger partial charge on any atom is 0.324 e. The molecule has 2 aromatic heterocycles. The smallest absolute Gasteiger partial charge is 0.324 e. The topological polar surface area (TPSA) is 111 Å². The molecule has 3 aromatic rings. The van der Waals surface area contributed by atoms with Crippen LogP contribution in [0.3, 0.4) is 0 Å². The largest absolute Gasteiger partial charge is 0.367 e. The van der Waals surface area contributed by atoms with Crippen LogP contribution in [0.4, 0.5) is 27.7 Å². The number of hydrogen-bond acceptors (Lipinski definition) is 6. The summed E-state index contributed by atoms with van der Waals surface area (Å²) in [6.07, 6.45) is 3.32. The highest BCUT2D eigenvalue weighted by Crippen LogP contribution is 2.25. The molecule has 0 bridgehead atoms. The number of urea groups is 1. The van der Waals surface area contributed by atoms with E-state index in [0.29, 0.717) is 16.4 Å². The predicted octanol–water partition coefficient (Wildman–Crippen LogP) is 3.44. The highest BCUT2D eigenvalue weighted by Gasteiger charge is 2.17. The number of amides is 3. The summed E-state index contributed by atoms with van der Waals surface area (Å²) in [6, 6.07) is 13.1. The van der Waals surface area contributed by atoms with Gasteiger partial charge in [-0.15, -0.1) is 0 Å². The van der Waals surface area contributed by atoms with Crippen LogP contribution in [-0.4, -0.2) is 48.1 Å². The summed E-state index contributed by atoms with van der Waals surface area (Å²) in [5, 5.41) is 11.9. The quantitative estimate of drug-likeness (QED) is 0.473. The number of pyridine rings is 2. The molecule has 0 aliphatic carbocycles. The van der Waals surface area contributed by atoms with Crippen LogP contribution in [0.1, 0.15) is 10.5 Å². The Hall–Kier alpha value is -3.69. The lowest BCUT2D eigenvalue weighted by atomic mass is 10.2. The summed E-state index contributed by atoms with van der Waals surface area (Å²) in [6.45, 7) is 3.43. The summed E-state index contributed by atoms with van der Waals surface area (Å²) in [5.41, 5.74) is 2.15. The Morgan fingerprint density at radius 2 is 1.75 bits per heavy atom. The number of hydrogen-bond donors (Lipinski definition) is 4. The van der Waals surface area contributed by atoms with E-state index in [-0.39, 0.29) is 11.5 Å². The molecule has 4 rings (SSSR count). The number of halogens is 1. The minimum Gasteiger partial charge on any atom is -0.367 e. The molecular weight excluding hydrogens is 430 g/mol. The SMILES string of the molecule is O=C(Nc1cccc(C(=O)Nc2cnccc2N2CCNCC2)n1)Nc1ccccc1Cl. The van der Waals surface area contributed by atoms with Crippen molar-refractivity contribution in [1.29, 1.82) is 0 Å². The van der Waals surface area contributed by atoms with Crippen LogP contribution in [0, 0.1) is 0 Å². The number of para-hydroxylation sites is 1. The minimum atomic E-state index is -0.517. The normalized spacial score (nSPS) is 13.3. The molecule has 9 nitrogen and oxygen atoms in total. The van der Waals surface area contributed by atoms with Crippen molar-refractivity contribution < 1.29 is 9.59 Å². The van der Waals surface area contributed by atoms with E-state index in [1.165, 1.54) is 0 Å². The molecule has 3 amide bonds. The van der Waals surface area contributed by atoms with Gasteiger partial charge in [0.2, 0.25) is 0 Å². The van der Waals surface area contributed by atoms with Crippen LogP contribution in [0.25, 0.3) is 0 Å². The van der Waals surface area contributed by atoms with Crippen LogP contribution in [-0.2, 0) is 0 Å². The number of benzene rings is 1. The van der Waals surface area contributed by atoms with Gasteiger partial charge in [0.25, 0.3) is 5.91 Å². The zero-order valence-corrected chi connectivity index (χ0v) is 17.9. The molecule has 1 aliphatic rings. The fourth-order valence-corrected chi connectivity index (χ4v) is 3.50. The van der Waals surface area contributed by atoms with Gasteiger partial charge in [0.1, 0.15) is 11.5 Å². The first-order valence-electron chi connectivity index (χ1n) is 10.1. The fourth-order valence-electron chi connectivity index (χ4n) is 3.31. The highest BCUT2D eigenvalue weighted by molar-refractivity contribution is 6.33. The van der Waals surface area contributed by atoms with E-state index in [4.69, 9.17) is 11.6 Å². The molecular formula is C22H22ClN7O2. The summed E-state index contributed by atoms with van der Waals surface area (Å²) in [4.78, 5) is 35.7. The number of aromatic nitrogens is 2. The Morgan fingerprint density at radius 3 is 2.56 bits per heavy atom. The van der Waals surface area contributed by atoms with Crippen molar-refractivity contribution in [3.8, 4) is 0 Å². The Bertz CT molecular complexity index is 1120. The first-order chi connectivity index (χ1) is 15.6. The number of carbonyl (C=O) groups is 2. The van der Waals surface area contributed by atoms with E-state index in [1.54, 1.807) is 54.9 Å². The summed E-state index contributed by atoms with van der Waals surface area (Å²) >= 11 is 6.06. The summed E-state index contributed by atoms with van der Waals surface area (Å²) in [7, 11) is 0. The maximum atomic E-state index is 12.8. The van der Waals surface area contributed by atoms with E-state index in [1.807, 2.05) is 6.07 Å². The molecule has 10 heteroatoms. The maximum absolute atomic E-state index is 12.8. The van der Waals surface area contributed by atoms with Crippen LogP contribution >= 0.6 is 11.6 Å². The van der Waals surface area contributed by atoms with Crippen LogP contribution in [0.15, 0.2) is 60.9 Å². The van der Waals surface area contributed by atoms with E-state index in [9.17, 15) is 9.59 Å². The molecule has 0 spiro atoms. The Labute approximate surface area is 190 Å². The third-order valence-electron chi connectivity index (χ3n) is 4.85. The Balaban J connectivity index is 1.44. The fraction of sp³-hybridized carbons (Fsp3) is 0.182. The second-order valence-electron chi connectivity index (χ2n) is 7.05. The first kappa shape index (κ1) is 21.5. The second kappa shape index (κ2) is 10.1. The van der Waals surface area contributed by atoms with Crippen molar-refractivity contribution in [3.63, 3.8) is 0 Å². The monoisotopic (exact) mass is 451 g/mol. The lowest BCUT2D eigenvalue weighted by Crippen LogP contribution is -2.43. The van der Waals surface area contributed by atoms with Crippen molar-refractivity contribution in [2.45, 2.75) is 0 Å². The number of nitrogens with zero attached hydrogens (tertiary/aromatic N) is 3. The summed E-state index contributed by atoms with van der Waals surface area (Å²) < 4.78 is 0. The van der Waals surface area contributed by atoms with Gasteiger partial charge >= 0.3 is 6.03 Å². The minimum absolute atomic E-state index is 0.163. The molecule has 1 fully saturated rings. The molecule has 3 heterocycles. The number of anilines is 4. The number of piperazine rings is 1. The van der Waals surface area contributed by atoms with E-state index >= 15 is 0 Å². The average Bonchev–Trinajstić information content (AvgIpc) is 2.81. The zero-order valence-electron chi connectivity index (χ0n) is 17.1. The molecule has 1 saturated heterocycles. The van der Waals surface area contributed by atoms with Crippen molar-refractivity contribution in [1.82, 2.24) is 15.3 Å². The van der Waals surface area contributed by atoms with Gasteiger partial charge in [-0.3, -0.25) is 15.1 Å². The molecule has 1 aromatic carbocycles. The van der Waals surface area contributed by atoms with E-state index in [0.717, 1.165) is 31.9 Å². The van der Waals surface area contributed by atoms with Gasteiger partial charge in [0.15, 0.2) is 0 Å². The molecule has 32 heavy (non-hydrogen) atoms. The summed E-state index contributed by atoms with van der Waals surface area (Å²) in [5.74, 6) is -0.166. The Morgan fingerprint density at radius 1 is 0.938 bits per heavy atom. The van der Waals surface area contributed by atoms with Crippen LogP contribution in [0.2, 0.25) is 5.02 Å². The average molecular weight is 452 g/mol. The first-order valence-corrected chi connectivity index (χ1v) is 10.5. The highest BCUT2D eigenvalue weighted by atomic mass is 35.5. The molecule has 4 N–H and O–H groups in total. The second-order valence-corrected chi connectivity index (χ2v) is 7.46. The number of rotatable bonds is 5. The van der Waals surface area contributed by atoms with Gasteiger partial charge in [-0.2, -0.15) is 0 Å². The third kappa shape index (κ3) is 5.32. The van der Waals surface area contributed by atoms with Gasteiger partial charge in [-0.1, -0.05) is 29.8 Å². The standard InChI is InChI=1S/C22H22ClN7O2/c23-15-4-1-2-5-16(15)28-22(32)29-20-7-3-6-17(26-20)21(31)27-18-14-25-9-8-19(18)30-12-10-24-11-13-30/h1-9,14,24H,10-13H2,(H,27,31)(H2,26,28,29,32).